The molecule has 3 rings (SSSR count). The minimum absolute atomic E-state index is 0.0531. The molecule has 1 N–H and O–H groups in total. The molecule has 0 bridgehead atoms. The van der Waals surface area contributed by atoms with E-state index in [1.807, 2.05) is 0 Å². The molecule has 0 spiro atoms. The number of nitrogens with one attached hydrogen (secondary N) is 1. The summed E-state index contributed by atoms with van der Waals surface area (Å²) in [6.07, 6.45) is 4.80. The van der Waals surface area contributed by atoms with Crippen LogP contribution in [0.4, 0.5) is 0 Å². The Bertz CT molecular complexity index is 661. The Labute approximate surface area is 129 Å². The van der Waals surface area contributed by atoms with Gasteiger partial charge < -0.3 is 9.73 Å². The quantitative estimate of drug-likeness (QED) is 0.794. The Balaban J connectivity index is 1.68. The van der Waals surface area contributed by atoms with Gasteiger partial charge in [0, 0.05) is 23.3 Å². The fraction of sp³-hybridized carbons (Fsp3) is 0.583. The monoisotopic (exact) mass is 381 g/mol. The normalized spacial score (nSPS) is 20.7. The van der Waals surface area contributed by atoms with Crippen LogP contribution in [0.2, 0.25) is 0 Å². The van der Waals surface area contributed by atoms with Crippen LogP contribution in [-0.2, 0) is 9.05 Å². The number of hydrogen-bond donors (Lipinski definition) is 1. The maximum Gasteiger partial charge on any atom is 0.287 e. The summed E-state index contributed by atoms with van der Waals surface area (Å²) >= 11 is 2.95. The summed E-state index contributed by atoms with van der Waals surface area (Å²) in [4.78, 5) is 11.8. The Morgan fingerprint density at radius 3 is 2.60 bits per heavy atom. The highest BCUT2D eigenvalue weighted by molar-refractivity contribution is 9.10. The first kappa shape index (κ1) is 14.4. The summed E-state index contributed by atoms with van der Waals surface area (Å²) in [7, 11) is 1.31. The van der Waals surface area contributed by atoms with Crippen molar-refractivity contribution in [3.63, 3.8) is 0 Å². The van der Waals surface area contributed by atoms with E-state index in [0.717, 1.165) is 24.8 Å². The third-order valence-electron chi connectivity index (χ3n) is 4.08. The Hall–Kier alpha value is -0.530. The number of carbonyl (C=O) groups excluding carboxylic acids is 1. The van der Waals surface area contributed by atoms with Crippen LogP contribution in [0.25, 0.3) is 0 Å². The predicted octanol–water partition coefficient (Wildman–Crippen LogP) is 2.89. The number of furan rings is 1. The topological polar surface area (TPSA) is 76.4 Å². The standard InChI is InChI=1S/C12H13BrClNO4S/c13-10-9(20(14,17)18)5-8(19-10)11(16)15-6-12(3-4-12)7-1-2-7/h5,7H,1-4,6H2,(H,15,16). The van der Waals surface area contributed by atoms with E-state index in [-0.39, 0.29) is 20.7 Å². The maximum atomic E-state index is 12.0. The molecule has 5 nitrogen and oxygen atoms in total. The van der Waals surface area contributed by atoms with Crippen LogP contribution < -0.4 is 5.32 Å². The van der Waals surface area contributed by atoms with Gasteiger partial charge in [-0.15, -0.1) is 0 Å². The van der Waals surface area contributed by atoms with Crippen molar-refractivity contribution in [1.82, 2.24) is 5.32 Å². The largest absolute Gasteiger partial charge is 0.443 e. The molecule has 8 heteroatoms. The third kappa shape index (κ3) is 2.76. The number of amides is 1. The van der Waals surface area contributed by atoms with E-state index in [0.29, 0.717) is 6.54 Å². The molecule has 2 fully saturated rings. The Morgan fingerprint density at radius 1 is 1.50 bits per heavy atom. The summed E-state index contributed by atoms with van der Waals surface area (Å²) in [6, 6.07) is 1.14. The summed E-state index contributed by atoms with van der Waals surface area (Å²) in [6.45, 7) is 0.623. The second-order valence-electron chi connectivity index (χ2n) is 5.51. The van der Waals surface area contributed by atoms with E-state index in [9.17, 15) is 13.2 Å². The first-order valence-electron chi connectivity index (χ1n) is 6.34. The Kier molecular flexibility index (Phi) is 3.42. The van der Waals surface area contributed by atoms with Gasteiger partial charge in [0.05, 0.1) is 0 Å². The van der Waals surface area contributed by atoms with Gasteiger partial charge in [0.2, 0.25) is 0 Å². The van der Waals surface area contributed by atoms with Crippen LogP contribution in [0, 0.1) is 11.3 Å². The molecule has 0 unspecified atom stereocenters. The highest BCUT2D eigenvalue weighted by Crippen LogP contribution is 2.60. The van der Waals surface area contributed by atoms with Gasteiger partial charge in [-0.05, 0) is 52.9 Å². The second kappa shape index (κ2) is 4.74. The van der Waals surface area contributed by atoms with Gasteiger partial charge in [-0.25, -0.2) is 8.42 Å². The van der Waals surface area contributed by atoms with Crippen LogP contribution in [0.3, 0.4) is 0 Å². The van der Waals surface area contributed by atoms with Crippen molar-refractivity contribution < 1.29 is 17.6 Å². The second-order valence-corrected chi connectivity index (χ2v) is 8.76. The summed E-state index contributed by atoms with van der Waals surface area (Å²) in [5.41, 5.74) is 0.279. The van der Waals surface area contributed by atoms with Crippen molar-refractivity contribution in [3.8, 4) is 0 Å². The summed E-state index contributed by atoms with van der Waals surface area (Å²) in [5.74, 6) is 0.275. The van der Waals surface area contributed by atoms with E-state index >= 15 is 0 Å². The predicted molar refractivity (Wildman–Crippen MR) is 76.2 cm³/mol. The minimum atomic E-state index is -3.93. The van der Waals surface area contributed by atoms with Crippen LogP contribution in [0.1, 0.15) is 36.2 Å². The zero-order chi connectivity index (χ0) is 14.5. The molecule has 1 aromatic rings. The van der Waals surface area contributed by atoms with Crippen molar-refractivity contribution >= 4 is 41.6 Å². The van der Waals surface area contributed by atoms with Gasteiger partial charge in [0.15, 0.2) is 10.4 Å². The lowest BCUT2D eigenvalue weighted by atomic mass is 10.0. The van der Waals surface area contributed by atoms with Crippen molar-refractivity contribution in [2.75, 3.05) is 6.54 Å². The van der Waals surface area contributed by atoms with Gasteiger partial charge in [-0.3, -0.25) is 4.79 Å². The number of halogens is 2. The van der Waals surface area contributed by atoms with Crippen molar-refractivity contribution in [3.05, 3.63) is 16.5 Å². The Morgan fingerprint density at radius 2 is 2.15 bits per heavy atom. The van der Waals surface area contributed by atoms with Crippen molar-refractivity contribution in [2.24, 2.45) is 11.3 Å². The molecule has 20 heavy (non-hydrogen) atoms. The smallest absolute Gasteiger partial charge is 0.287 e. The van der Waals surface area contributed by atoms with Gasteiger partial charge in [-0.2, -0.15) is 0 Å². The zero-order valence-electron chi connectivity index (χ0n) is 10.5. The minimum Gasteiger partial charge on any atom is -0.443 e. The van der Waals surface area contributed by atoms with Crippen molar-refractivity contribution in [2.45, 2.75) is 30.6 Å². The van der Waals surface area contributed by atoms with E-state index < -0.39 is 15.0 Å². The molecule has 2 aliphatic carbocycles. The molecule has 1 aromatic heterocycles. The molecule has 0 aliphatic heterocycles. The van der Waals surface area contributed by atoms with E-state index in [1.54, 1.807) is 0 Å². The first-order chi connectivity index (χ1) is 9.32. The first-order valence-corrected chi connectivity index (χ1v) is 9.44. The van der Waals surface area contributed by atoms with Crippen LogP contribution in [0.15, 0.2) is 20.0 Å². The van der Waals surface area contributed by atoms with Gasteiger partial charge in [-0.1, -0.05) is 0 Å². The molecule has 0 aromatic carbocycles. The molecule has 2 aliphatic rings. The van der Waals surface area contributed by atoms with E-state index in [4.69, 9.17) is 15.1 Å². The number of hydrogen-bond acceptors (Lipinski definition) is 4. The molecule has 2 saturated carbocycles. The SMILES string of the molecule is O=C(NCC1(C2CC2)CC1)c1cc(S(=O)(=O)Cl)c(Br)o1. The summed E-state index contributed by atoms with van der Waals surface area (Å²) in [5, 5.41) is 2.82. The van der Waals surface area contributed by atoms with E-state index in [1.165, 1.54) is 12.8 Å². The van der Waals surface area contributed by atoms with Crippen LogP contribution >= 0.6 is 26.6 Å². The molecule has 0 atom stereocenters. The molecular formula is C12H13BrClNO4S. The third-order valence-corrected chi connectivity index (χ3v) is 6.26. The lowest BCUT2D eigenvalue weighted by molar-refractivity contribution is 0.0913. The lowest BCUT2D eigenvalue weighted by Gasteiger charge is -2.13. The lowest BCUT2D eigenvalue weighted by Crippen LogP contribution is -2.30. The number of carbonyl (C=O) groups is 1. The maximum absolute atomic E-state index is 12.0. The molecule has 0 saturated heterocycles. The van der Waals surface area contributed by atoms with E-state index in [2.05, 4.69) is 21.2 Å². The van der Waals surface area contributed by atoms with Gasteiger partial charge in [0.25, 0.3) is 15.0 Å². The molecule has 110 valence electrons. The van der Waals surface area contributed by atoms with Gasteiger partial charge in [0.1, 0.15) is 4.90 Å². The molecule has 0 radical (unpaired) electrons. The number of rotatable bonds is 5. The fourth-order valence-corrected chi connectivity index (χ4v) is 4.59. The highest BCUT2D eigenvalue weighted by Gasteiger charge is 2.53. The summed E-state index contributed by atoms with van der Waals surface area (Å²) < 4.78 is 27.6. The van der Waals surface area contributed by atoms with Crippen molar-refractivity contribution in [1.29, 1.82) is 0 Å². The molecule has 1 amide bonds. The molecular weight excluding hydrogens is 370 g/mol. The molecule has 1 heterocycles. The van der Waals surface area contributed by atoms with Crippen LogP contribution in [-0.4, -0.2) is 20.9 Å². The average molecular weight is 383 g/mol. The average Bonchev–Trinajstić information content (AvgIpc) is 3.22. The fourth-order valence-electron chi connectivity index (χ4n) is 2.56. The zero-order valence-corrected chi connectivity index (χ0v) is 13.6. The van der Waals surface area contributed by atoms with Gasteiger partial charge >= 0.3 is 0 Å². The van der Waals surface area contributed by atoms with Crippen LogP contribution in [0.5, 0.6) is 0 Å². The highest BCUT2D eigenvalue weighted by atomic mass is 79.9.